The van der Waals surface area contributed by atoms with E-state index in [2.05, 4.69) is 17.2 Å². The molecule has 27 heavy (non-hydrogen) atoms. The van der Waals surface area contributed by atoms with Crippen LogP contribution in [0.1, 0.15) is 12.0 Å². The smallest absolute Gasteiger partial charge is 0.157 e. The molecule has 0 aliphatic carbocycles. The summed E-state index contributed by atoms with van der Waals surface area (Å²) >= 11 is 0. The van der Waals surface area contributed by atoms with Crippen molar-refractivity contribution in [1.82, 2.24) is 0 Å². The van der Waals surface area contributed by atoms with Crippen LogP contribution in [-0.4, -0.2) is 45.4 Å². The minimum absolute atomic E-state index is 0.0412. The van der Waals surface area contributed by atoms with Crippen molar-refractivity contribution in [3.63, 3.8) is 0 Å². The van der Waals surface area contributed by atoms with Crippen molar-refractivity contribution >= 4 is 5.69 Å². The highest BCUT2D eigenvalue weighted by molar-refractivity contribution is 5.49. The number of anilines is 1. The predicted octanol–water partition coefficient (Wildman–Crippen LogP) is 3.14. The minimum Gasteiger partial charge on any atom is -0.497 e. The quantitative estimate of drug-likeness (QED) is 0.525. The number of rotatable bonds is 9. The molecule has 0 spiro atoms. The lowest BCUT2D eigenvalue weighted by atomic mass is 9.96. The van der Waals surface area contributed by atoms with Crippen LogP contribution >= 0.6 is 0 Å². The molecule has 2 N–H and O–H groups in total. The predicted molar refractivity (Wildman–Crippen MR) is 107 cm³/mol. The summed E-state index contributed by atoms with van der Waals surface area (Å²) in [7, 11) is 4.81. The van der Waals surface area contributed by atoms with Gasteiger partial charge in [0.25, 0.3) is 0 Å². The lowest BCUT2D eigenvalue weighted by molar-refractivity contribution is -0.116. The van der Waals surface area contributed by atoms with E-state index in [-0.39, 0.29) is 18.6 Å². The van der Waals surface area contributed by atoms with Gasteiger partial charge in [-0.2, -0.15) is 0 Å². The zero-order valence-corrected chi connectivity index (χ0v) is 16.0. The first-order valence-corrected chi connectivity index (χ1v) is 8.83. The van der Waals surface area contributed by atoms with Crippen LogP contribution in [0.5, 0.6) is 5.75 Å². The number of nitrogens with one attached hydrogen (secondary N) is 1. The minimum atomic E-state index is -0.402. The summed E-state index contributed by atoms with van der Waals surface area (Å²) in [5.74, 6) is 7.05. The summed E-state index contributed by atoms with van der Waals surface area (Å²) in [5, 5.41) is 13.4. The van der Waals surface area contributed by atoms with Gasteiger partial charge in [-0.05, 0) is 36.4 Å². The van der Waals surface area contributed by atoms with Crippen molar-refractivity contribution in [3.8, 4) is 17.6 Å². The number of ether oxygens (including phenoxy) is 3. The Labute approximate surface area is 161 Å². The third-order valence-corrected chi connectivity index (χ3v) is 4.28. The first kappa shape index (κ1) is 20.8. The lowest BCUT2D eigenvalue weighted by Gasteiger charge is -2.26. The van der Waals surface area contributed by atoms with E-state index in [0.29, 0.717) is 6.42 Å². The Balaban J connectivity index is 2.24. The number of aliphatic hydroxyl groups is 1. The molecule has 0 saturated carbocycles. The number of methoxy groups -OCH3 is 3. The van der Waals surface area contributed by atoms with Crippen LogP contribution in [0.3, 0.4) is 0 Å². The van der Waals surface area contributed by atoms with Gasteiger partial charge in [-0.15, -0.1) is 0 Å². The molecule has 2 aromatic rings. The van der Waals surface area contributed by atoms with Crippen LogP contribution < -0.4 is 10.1 Å². The molecule has 0 aliphatic heterocycles. The molecule has 0 radical (unpaired) electrons. The Kier molecular flexibility index (Phi) is 8.66. The van der Waals surface area contributed by atoms with Crippen LogP contribution in [0.15, 0.2) is 54.6 Å². The highest BCUT2D eigenvalue weighted by Gasteiger charge is 2.23. The Hall–Kier alpha value is -2.52. The number of benzene rings is 2. The van der Waals surface area contributed by atoms with E-state index >= 15 is 0 Å². The first-order valence-electron chi connectivity index (χ1n) is 8.83. The van der Waals surface area contributed by atoms with Gasteiger partial charge in [-0.1, -0.05) is 30.0 Å². The average molecular weight is 369 g/mol. The highest BCUT2D eigenvalue weighted by Crippen LogP contribution is 2.20. The van der Waals surface area contributed by atoms with E-state index in [4.69, 9.17) is 14.2 Å². The summed E-state index contributed by atoms with van der Waals surface area (Å²) in [6.07, 6.45) is 0.113. The largest absolute Gasteiger partial charge is 0.497 e. The van der Waals surface area contributed by atoms with Crippen LogP contribution in [0, 0.1) is 17.8 Å². The van der Waals surface area contributed by atoms with Gasteiger partial charge in [0.1, 0.15) is 5.75 Å². The van der Waals surface area contributed by atoms with E-state index in [0.717, 1.165) is 17.0 Å². The molecule has 0 fully saturated rings. The SMILES string of the molecule is COc1ccc(N[C@H](C#Cc2ccccc2)[C@H](CO)CC(OC)OC)cc1. The maximum atomic E-state index is 9.95. The normalized spacial score (nSPS) is 12.8. The molecule has 144 valence electrons. The molecule has 0 heterocycles. The molecule has 0 bridgehead atoms. The zero-order valence-electron chi connectivity index (χ0n) is 16.0. The highest BCUT2D eigenvalue weighted by atomic mass is 16.7. The fraction of sp³-hybridized carbons (Fsp3) is 0.364. The summed E-state index contributed by atoms with van der Waals surface area (Å²) in [6, 6.07) is 17.1. The Morgan fingerprint density at radius 2 is 1.63 bits per heavy atom. The first-order chi connectivity index (χ1) is 13.2. The second-order valence-corrected chi connectivity index (χ2v) is 6.07. The molecular formula is C22H27NO4. The molecule has 0 amide bonds. The molecule has 5 nitrogen and oxygen atoms in total. The van der Waals surface area contributed by atoms with Gasteiger partial charge in [0.15, 0.2) is 6.29 Å². The summed E-state index contributed by atoms with van der Waals surface area (Å²) in [4.78, 5) is 0. The Morgan fingerprint density at radius 1 is 0.963 bits per heavy atom. The molecule has 2 aromatic carbocycles. The molecule has 0 unspecified atom stereocenters. The molecule has 0 aliphatic rings. The molecule has 0 aromatic heterocycles. The maximum absolute atomic E-state index is 9.95. The van der Waals surface area contributed by atoms with Crippen molar-refractivity contribution in [2.45, 2.75) is 18.8 Å². The number of aliphatic hydroxyl groups excluding tert-OH is 1. The van der Waals surface area contributed by atoms with Crippen molar-refractivity contribution in [2.24, 2.45) is 5.92 Å². The van der Waals surface area contributed by atoms with Crippen LogP contribution in [0.2, 0.25) is 0 Å². The third-order valence-electron chi connectivity index (χ3n) is 4.28. The Bertz CT molecular complexity index is 717. The van der Waals surface area contributed by atoms with Crippen molar-refractivity contribution < 1.29 is 19.3 Å². The van der Waals surface area contributed by atoms with E-state index < -0.39 is 6.29 Å². The maximum Gasteiger partial charge on any atom is 0.157 e. The van der Waals surface area contributed by atoms with Crippen LogP contribution in [-0.2, 0) is 9.47 Å². The van der Waals surface area contributed by atoms with Crippen LogP contribution in [0.4, 0.5) is 5.69 Å². The van der Waals surface area contributed by atoms with E-state index in [1.54, 1.807) is 21.3 Å². The van der Waals surface area contributed by atoms with Gasteiger partial charge in [-0.3, -0.25) is 0 Å². The molecule has 2 rings (SSSR count). The van der Waals surface area contributed by atoms with Gasteiger partial charge in [0.05, 0.1) is 13.2 Å². The number of hydrogen-bond donors (Lipinski definition) is 2. The van der Waals surface area contributed by atoms with Gasteiger partial charge >= 0.3 is 0 Å². The van der Waals surface area contributed by atoms with Crippen LogP contribution in [0.25, 0.3) is 0 Å². The standard InChI is InChI=1S/C22H27NO4/c1-25-20-12-10-19(11-13-20)23-21(14-9-17-7-5-4-6-8-17)18(16-24)15-22(26-2)27-3/h4-8,10-13,18,21-24H,15-16H2,1-3H3/t18-,21+/m0/s1. The van der Waals surface area contributed by atoms with Crippen molar-refractivity contribution in [2.75, 3.05) is 33.3 Å². The lowest BCUT2D eigenvalue weighted by Crippen LogP contribution is -2.34. The Morgan fingerprint density at radius 3 is 2.19 bits per heavy atom. The molecule has 5 heteroatoms. The fourth-order valence-corrected chi connectivity index (χ4v) is 2.67. The fourth-order valence-electron chi connectivity index (χ4n) is 2.67. The zero-order chi connectivity index (χ0) is 19.5. The van der Waals surface area contributed by atoms with Gasteiger partial charge in [0, 0.05) is 44.4 Å². The third kappa shape index (κ3) is 6.61. The van der Waals surface area contributed by atoms with Crippen molar-refractivity contribution in [1.29, 1.82) is 0 Å². The van der Waals surface area contributed by atoms with Gasteiger partial charge < -0.3 is 24.6 Å². The molecule has 2 atom stereocenters. The van der Waals surface area contributed by atoms with E-state index in [1.807, 2.05) is 54.6 Å². The van der Waals surface area contributed by atoms with Gasteiger partial charge in [0.2, 0.25) is 0 Å². The topological polar surface area (TPSA) is 60.0 Å². The summed E-state index contributed by atoms with van der Waals surface area (Å²) in [5.41, 5.74) is 1.82. The van der Waals surface area contributed by atoms with Crippen molar-refractivity contribution in [3.05, 3.63) is 60.2 Å². The van der Waals surface area contributed by atoms with Gasteiger partial charge in [-0.25, -0.2) is 0 Å². The summed E-state index contributed by atoms with van der Waals surface area (Å²) in [6.45, 7) is -0.0412. The molecule has 0 saturated heterocycles. The molecular weight excluding hydrogens is 342 g/mol. The van der Waals surface area contributed by atoms with E-state index in [1.165, 1.54) is 0 Å². The average Bonchev–Trinajstić information content (AvgIpc) is 2.73. The monoisotopic (exact) mass is 369 g/mol. The number of hydrogen-bond acceptors (Lipinski definition) is 5. The van der Waals surface area contributed by atoms with E-state index in [9.17, 15) is 5.11 Å². The second kappa shape index (κ2) is 11.2. The summed E-state index contributed by atoms with van der Waals surface area (Å²) < 4.78 is 15.8. The second-order valence-electron chi connectivity index (χ2n) is 6.07.